The Morgan fingerprint density at radius 1 is 1.32 bits per heavy atom. The van der Waals surface area contributed by atoms with Crippen molar-refractivity contribution in [3.8, 4) is 11.5 Å². The normalized spacial score (nSPS) is 14.0. The number of halogens is 4. The monoisotopic (exact) mass is 343 g/mol. The number of methoxy groups -OCH3 is 1. The number of aliphatic hydroxyl groups excluding tert-OH is 1. The second kappa shape index (κ2) is 9.07. The van der Waals surface area contributed by atoms with Gasteiger partial charge in [0.25, 0.3) is 0 Å². The lowest BCUT2D eigenvalue weighted by molar-refractivity contribution is -0.274. The summed E-state index contributed by atoms with van der Waals surface area (Å²) < 4.78 is 45.4. The van der Waals surface area contributed by atoms with E-state index in [0.29, 0.717) is 12.0 Å². The van der Waals surface area contributed by atoms with Crippen LogP contribution >= 0.6 is 12.4 Å². The van der Waals surface area contributed by atoms with Gasteiger partial charge in [-0.3, -0.25) is 0 Å². The second-order valence-electron chi connectivity index (χ2n) is 4.69. The molecule has 0 saturated heterocycles. The molecule has 0 radical (unpaired) electrons. The van der Waals surface area contributed by atoms with Crippen molar-refractivity contribution in [3.63, 3.8) is 0 Å². The molecule has 0 amide bonds. The van der Waals surface area contributed by atoms with E-state index in [1.54, 1.807) is 0 Å². The summed E-state index contributed by atoms with van der Waals surface area (Å²) in [7, 11) is 1.32. The number of hydrogen-bond acceptors (Lipinski definition) is 4. The molecule has 0 aromatic heterocycles. The molecule has 22 heavy (non-hydrogen) atoms. The molecule has 3 N–H and O–H groups in total. The first-order valence-corrected chi connectivity index (χ1v) is 6.65. The van der Waals surface area contributed by atoms with Gasteiger partial charge in [-0.1, -0.05) is 19.8 Å². The predicted molar refractivity (Wildman–Crippen MR) is 79.4 cm³/mol. The first-order chi connectivity index (χ1) is 9.78. The van der Waals surface area contributed by atoms with Crippen molar-refractivity contribution in [1.82, 2.24) is 0 Å². The molecule has 0 spiro atoms. The summed E-state index contributed by atoms with van der Waals surface area (Å²) in [6.07, 6.45) is -3.31. The third kappa shape index (κ3) is 6.29. The average molecular weight is 344 g/mol. The number of alkyl halides is 3. The van der Waals surface area contributed by atoms with Crippen LogP contribution in [0, 0.1) is 0 Å². The van der Waals surface area contributed by atoms with Crippen LogP contribution in [-0.4, -0.2) is 24.7 Å². The van der Waals surface area contributed by atoms with Gasteiger partial charge in [-0.2, -0.15) is 0 Å². The lowest BCUT2D eigenvalue weighted by Crippen LogP contribution is -2.26. The number of aliphatic hydroxyl groups is 1. The highest BCUT2D eigenvalue weighted by Gasteiger charge is 2.31. The van der Waals surface area contributed by atoms with E-state index in [-0.39, 0.29) is 18.2 Å². The van der Waals surface area contributed by atoms with Crippen LogP contribution < -0.4 is 15.2 Å². The van der Waals surface area contributed by atoms with Gasteiger partial charge in [-0.15, -0.1) is 25.6 Å². The summed E-state index contributed by atoms with van der Waals surface area (Å²) >= 11 is 0. The van der Waals surface area contributed by atoms with E-state index in [1.807, 2.05) is 6.92 Å². The third-order valence-electron chi connectivity index (χ3n) is 3.07. The maximum absolute atomic E-state index is 12.2. The van der Waals surface area contributed by atoms with Crippen molar-refractivity contribution in [2.24, 2.45) is 5.73 Å². The Bertz CT molecular complexity index is 457. The molecule has 2 atom stereocenters. The Morgan fingerprint density at radius 2 is 1.95 bits per heavy atom. The molecule has 1 rings (SSSR count). The quantitative estimate of drug-likeness (QED) is 0.794. The summed E-state index contributed by atoms with van der Waals surface area (Å²) in [5.74, 6) is -0.238. The fraction of sp³-hybridized carbons (Fsp3) is 0.571. The molecule has 0 aliphatic rings. The first-order valence-electron chi connectivity index (χ1n) is 6.65. The van der Waals surface area contributed by atoms with Crippen LogP contribution in [-0.2, 0) is 0 Å². The van der Waals surface area contributed by atoms with Crippen LogP contribution in [0.1, 0.15) is 37.8 Å². The summed E-state index contributed by atoms with van der Waals surface area (Å²) in [6.45, 7) is 1.99. The first kappa shape index (κ1) is 20.8. The molecule has 1 aromatic rings. The molecular weight excluding hydrogens is 323 g/mol. The van der Waals surface area contributed by atoms with Gasteiger partial charge in [-0.25, -0.2) is 0 Å². The fourth-order valence-electron chi connectivity index (χ4n) is 1.96. The molecule has 0 fully saturated rings. The van der Waals surface area contributed by atoms with E-state index >= 15 is 0 Å². The summed E-state index contributed by atoms with van der Waals surface area (Å²) in [4.78, 5) is 0. The maximum Gasteiger partial charge on any atom is 0.573 e. The largest absolute Gasteiger partial charge is 0.573 e. The molecule has 0 bridgehead atoms. The van der Waals surface area contributed by atoms with Crippen molar-refractivity contribution < 1.29 is 27.8 Å². The zero-order chi connectivity index (χ0) is 16.0. The van der Waals surface area contributed by atoms with Crippen LogP contribution in [0.5, 0.6) is 11.5 Å². The number of unbranched alkanes of at least 4 members (excludes halogenated alkanes) is 1. The molecule has 1 aromatic carbocycles. The Balaban J connectivity index is 0.00000441. The number of benzene rings is 1. The topological polar surface area (TPSA) is 64.7 Å². The Hall–Kier alpha value is -1.18. The molecule has 8 heteroatoms. The van der Waals surface area contributed by atoms with E-state index in [2.05, 4.69) is 4.74 Å². The lowest BCUT2D eigenvalue weighted by Gasteiger charge is -2.21. The Kier molecular flexibility index (Phi) is 8.58. The number of ether oxygens (including phenoxy) is 2. The highest BCUT2D eigenvalue weighted by molar-refractivity contribution is 5.85. The number of rotatable bonds is 7. The molecule has 0 unspecified atom stereocenters. The Morgan fingerprint density at radius 3 is 2.45 bits per heavy atom. The van der Waals surface area contributed by atoms with Crippen molar-refractivity contribution in [2.75, 3.05) is 7.11 Å². The van der Waals surface area contributed by atoms with Gasteiger partial charge in [0, 0.05) is 11.6 Å². The Labute approximate surface area is 133 Å². The zero-order valence-electron chi connectivity index (χ0n) is 12.4. The van der Waals surface area contributed by atoms with Crippen molar-refractivity contribution in [1.29, 1.82) is 0 Å². The van der Waals surface area contributed by atoms with E-state index in [9.17, 15) is 18.3 Å². The minimum absolute atomic E-state index is 0. The number of nitrogens with two attached hydrogens (primary N) is 1. The fourth-order valence-corrected chi connectivity index (χ4v) is 1.96. The van der Waals surface area contributed by atoms with Gasteiger partial charge in [0.05, 0.1) is 19.3 Å². The van der Waals surface area contributed by atoms with Gasteiger partial charge in [-0.05, 0) is 18.6 Å². The van der Waals surface area contributed by atoms with Crippen molar-refractivity contribution in [3.05, 3.63) is 23.8 Å². The van der Waals surface area contributed by atoms with Crippen molar-refractivity contribution >= 4 is 12.4 Å². The predicted octanol–water partition coefficient (Wildman–Crippen LogP) is 3.57. The van der Waals surface area contributed by atoms with E-state index in [0.717, 1.165) is 25.0 Å². The van der Waals surface area contributed by atoms with Gasteiger partial charge < -0.3 is 20.3 Å². The molecule has 0 heterocycles. The second-order valence-corrected chi connectivity index (χ2v) is 4.69. The van der Waals surface area contributed by atoms with Crippen LogP contribution in [0.3, 0.4) is 0 Å². The average Bonchev–Trinajstić information content (AvgIpc) is 2.42. The highest BCUT2D eigenvalue weighted by Crippen LogP contribution is 2.33. The molecule has 128 valence electrons. The zero-order valence-corrected chi connectivity index (χ0v) is 13.2. The number of hydrogen-bond donors (Lipinski definition) is 2. The minimum Gasteiger partial charge on any atom is -0.496 e. The summed E-state index contributed by atoms with van der Waals surface area (Å²) in [5.41, 5.74) is 6.38. The summed E-state index contributed by atoms with van der Waals surface area (Å²) in [6, 6.07) is 2.90. The van der Waals surface area contributed by atoms with E-state index in [1.165, 1.54) is 13.2 Å². The molecule has 4 nitrogen and oxygen atoms in total. The van der Waals surface area contributed by atoms with Crippen LogP contribution in [0.15, 0.2) is 18.2 Å². The van der Waals surface area contributed by atoms with Crippen molar-refractivity contribution in [2.45, 2.75) is 44.7 Å². The van der Waals surface area contributed by atoms with E-state index in [4.69, 9.17) is 10.5 Å². The SMILES string of the molecule is CCCC[C@@H](O)[C@@H](N)c1ccc(OC(F)(F)F)cc1OC.Cl. The molecule has 0 saturated carbocycles. The minimum atomic E-state index is -4.77. The van der Waals surface area contributed by atoms with Gasteiger partial charge >= 0.3 is 6.36 Å². The van der Waals surface area contributed by atoms with Gasteiger partial charge in [0.2, 0.25) is 0 Å². The third-order valence-corrected chi connectivity index (χ3v) is 3.07. The maximum atomic E-state index is 12.2. The standard InChI is InChI=1S/C14H20F3NO3.ClH/c1-3-4-5-11(19)13(18)10-7-6-9(8-12(10)20-2)21-14(15,16)17;/h6-8,11,13,19H,3-5,18H2,1-2H3;1H/t11-,13+;/m1./s1. The smallest absolute Gasteiger partial charge is 0.496 e. The summed E-state index contributed by atoms with van der Waals surface area (Å²) in [5, 5.41) is 9.99. The van der Waals surface area contributed by atoms with E-state index < -0.39 is 24.3 Å². The van der Waals surface area contributed by atoms with Crippen LogP contribution in [0.4, 0.5) is 13.2 Å². The van der Waals surface area contributed by atoms with Gasteiger partial charge in [0.15, 0.2) is 0 Å². The molecule has 0 aliphatic carbocycles. The highest BCUT2D eigenvalue weighted by atomic mass is 35.5. The van der Waals surface area contributed by atoms with Crippen LogP contribution in [0.25, 0.3) is 0 Å². The lowest BCUT2D eigenvalue weighted by atomic mass is 9.97. The van der Waals surface area contributed by atoms with Gasteiger partial charge in [0.1, 0.15) is 11.5 Å². The molecular formula is C14H21ClF3NO3. The molecule has 0 aliphatic heterocycles. The van der Waals surface area contributed by atoms with Crippen LogP contribution in [0.2, 0.25) is 0 Å².